The molecule has 0 saturated carbocycles. The van der Waals surface area contributed by atoms with Gasteiger partial charge in [0.2, 0.25) is 11.7 Å². The van der Waals surface area contributed by atoms with Gasteiger partial charge >= 0.3 is 0 Å². The molecule has 1 aromatic carbocycles. The van der Waals surface area contributed by atoms with Gasteiger partial charge in [-0.25, -0.2) is 4.98 Å². The third-order valence-electron chi connectivity index (χ3n) is 3.86. The summed E-state index contributed by atoms with van der Waals surface area (Å²) >= 11 is 1.37. The molecule has 0 aliphatic heterocycles. The van der Waals surface area contributed by atoms with Gasteiger partial charge in [0.1, 0.15) is 4.88 Å². The summed E-state index contributed by atoms with van der Waals surface area (Å²) in [5.74, 6) is 1.13. The molecule has 0 spiro atoms. The smallest absolute Gasteiger partial charge is 0.270 e. The number of hydrogen-bond donors (Lipinski definition) is 1. The third-order valence-corrected chi connectivity index (χ3v) is 4.83. The topological polar surface area (TPSA) is 80.9 Å². The van der Waals surface area contributed by atoms with E-state index in [0.29, 0.717) is 23.3 Å². The molecule has 0 fully saturated rings. The zero-order chi connectivity index (χ0) is 18.5. The molecule has 0 unspecified atom stereocenters. The Morgan fingerprint density at radius 1 is 1.23 bits per heavy atom. The summed E-state index contributed by atoms with van der Waals surface area (Å²) in [6.07, 6.45) is 2.35. The van der Waals surface area contributed by atoms with E-state index < -0.39 is 0 Å². The van der Waals surface area contributed by atoms with E-state index in [-0.39, 0.29) is 11.8 Å². The molecule has 1 N–H and O–H groups in total. The maximum Gasteiger partial charge on any atom is 0.270 e. The molecule has 136 valence electrons. The monoisotopic (exact) mass is 370 g/mol. The highest BCUT2D eigenvalue weighted by atomic mass is 32.1. The lowest BCUT2D eigenvalue weighted by atomic mass is 10.1. The number of rotatable bonds is 7. The van der Waals surface area contributed by atoms with Crippen LogP contribution in [-0.4, -0.2) is 21.0 Å². The van der Waals surface area contributed by atoms with Crippen LogP contribution in [0.4, 0.5) is 5.13 Å². The SMILES string of the molecule is CCCCC(=O)Nc1nc(C(C)C)c(-c2nc(-c3ccccc3)no2)s1. The number of aromatic nitrogens is 3. The van der Waals surface area contributed by atoms with E-state index in [1.165, 1.54) is 11.3 Å². The Kier molecular flexibility index (Phi) is 5.78. The van der Waals surface area contributed by atoms with Crippen LogP contribution in [0.15, 0.2) is 34.9 Å². The maximum absolute atomic E-state index is 12.0. The van der Waals surface area contributed by atoms with Crippen LogP contribution in [0.1, 0.15) is 51.6 Å². The van der Waals surface area contributed by atoms with E-state index in [4.69, 9.17) is 4.52 Å². The lowest BCUT2D eigenvalue weighted by molar-refractivity contribution is -0.116. The van der Waals surface area contributed by atoms with Crippen LogP contribution >= 0.6 is 11.3 Å². The van der Waals surface area contributed by atoms with Crippen LogP contribution in [0, 0.1) is 0 Å². The first-order valence-electron chi connectivity index (χ1n) is 8.78. The molecule has 0 aliphatic rings. The van der Waals surface area contributed by atoms with Crippen molar-refractivity contribution in [2.75, 3.05) is 5.32 Å². The number of carbonyl (C=O) groups is 1. The number of amides is 1. The van der Waals surface area contributed by atoms with Crippen molar-refractivity contribution in [3.63, 3.8) is 0 Å². The minimum Gasteiger partial charge on any atom is -0.333 e. The maximum atomic E-state index is 12.0. The van der Waals surface area contributed by atoms with Crippen molar-refractivity contribution in [2.45, 2.75) is 46.0 Å². The van der Waals surface area contributed by atoms with Gasteiger partial charge in [0.25, 0.3) is 5.89 Å². The van der Waals surface area contributed by atoms with Crippen molar-refractivity contribution in [2.24, 2.45) is 0 Å². The largest absolute Gasteiger partial charge is 0.333 e. The number of hydrogen-bond acceptors (Lipinski definition) is 6. The molecule has 0 saturated heterocycles. The van der Waals surface area contributed by atoms with Crippen LogP contribution in [0.2, 0.25) is 0 Å². The van der Waals surface area contributed by atoms with E-state index in [1.807, 2.05) is 30.3 Å². The predicted molar refractivity (Wildman–Crippen MR) is 103 cm³/mol. The van der Waals surface area contributed by atoms with Gasteiger partial charge in [-0.2, -0.15) is 4.98 Å². The summed E-state index contributed by atoms with van der Waals surface area (Å²) in [6.45, 7) is 6.16. The van der Waals surface area contributed by atoms with E-state index in [0.717, 1.165) is 29.0 Å². The van der Waals surface area contributed by atoms with E-state index in [1.54, 1.807) is 0 Å². The van der Waals surface area contributed by atoms with Gasteiger partial charge in [-0.05, 0) is 12.3 Å². The van der Waals surface area contributed by atoms with Crippen molar-refractivity contribution < 1.29 is 9.32 Å². The Bertz CT molecular complexity index is 871. The molecule has 7 heteroatoms. The minimum absolute atomic E-state index is 0.0158. The van der Waals surface area contributed by atoms with Crippen LogP contribution in [0.25, 0.3) is 22.2 Å². The Labute approximate surface area is 156 Å². The average molecular weight is 370 g/mol. The van der Waals surface area contributed by atoms with Crippen molar-refractivity contribution in [3.8, 4) is 22.2 Å². The number of unbranched alkanes of at least 4 members (excludes halogenated alkanes) is 1. The summed E-state index contributed by atoms with van der Waals surface area (Å²) in [5.41, 5.74) is 1.75. The van der Waals surface area contributed by atoms with Crippen molar-refractivity contribution in [3.05, 3.63) is 36.0 Å². The number of anilines is 1. The normalized spacial score (nSPS) is 11.1. The van der Waals surface area contributed by atoms with E-state index in [9.17, 15) is 4.79 Å². The molecular weight excluding hydrogens is 348 g/mol. The Hall–Kier alpha value is -2.54. The molecule has 0 radical (unpaired) electrons. The highest BCUT2D eigenvalue weighted by Crippen LogP contribution is 2.36. The summed E-state index contributed by atoms with van der Waals surface area (Å²) in [7, 11) is 0. The van der Waals surface area contributed by atoms with Crippen molar-refractivity contribution in [1.82, 2.24) is 15.1 Å². The van der Waals surface area contributed by atoms with Crippen molar-refractivity contribution >= 4 is 22.4 Å². The number of nitrogens with zero attached hydrogens (tertiary/aromatic N) is 3. The van der Waals surface area contributed by atoms with Gasteiger partial charge in [0.15, 0.2) is 5.13 Å². The Balaban J connectivity index is 1.87. The second-order valence-corrected chi connectivity index (χ2v) is 7.33. The summed E-state index contributed by atoms with van der Waals surface area (Å²) in [4.78, 5) is 21.9. The molecule has 26 heavy (non-hydrogen) atoms. The fourth-order valence-electron chi connectivity index (χ4n) is 2.47. The van der Waals surface area contributed by atoms with Crippen LogP contribution in [-0.2, 0) is 4.79 Å². The highest BCUT2D eigenvalue weighted by molar-refractivity contribution is 7.19. The third kappa shape index (κ3) is 4.16. The van der Waals surface area contributed by atoms with Gasteiger partial charge in [-0.1, -0.05) is 74.0 Å². The standard InChI is InChI=1S/C19H22N4O2S/c1-4-5-11-14(24)20-19-21-15(12(2)3)16(26-19)18-22-17(23-25-18)13-9-7-6-8-10-13/h6-10,12H,4-5,11H2,1-3H3,(H,20,21,24). The quantitative estimate of drug-likeness (QED) is 0.625. The van der Waals surface area contributed by atoms with E-state index >= 15 is 0 Å². The Morgan fingerprint density at radius 3 is 2.69 bits per heavy atom. The molecule has 1 amide bonds. The zero-order valence-electron chi connectivity index (χ0n) is 15.2. The number of carbonyl (C=O) groups excluding carboxylic acids is 1. The molecular formula is C19H22N4O2S. The molecule has 3 aromatic rings. The molecule has 6 nitrogen and oxygen atoms in total. The molecule has 3 rings (SSSR count). The molecule has 0 bridgehead atoms. The fraction of sp³-hybridized carbons (Fsp3) is 0.368. The summed E-state index contributed by atoms with van der Waals surface area (Å²) in [6, 6.07) is 9.68. The van der Waals surface area contributed by atoms with Crippen molar-refractivity contribution in [1.29, 1.82) is 0 Å². The molecule has 0 aliphatic carbocycles. The summed E-state index contributed by atoms with van der Waals surface area (Å²) in [5, 5.41) is 7.53. The van der Waals surface area contributed by atoms with Gasteiger partial charge in [0.05, 0.1) is 5.69 Å². The fourth-order valence-corrected chi connectivity index (χ4v) is 3.53. The zero-order valence-corrected chi connectivity index (χ0v) is 16.0. The Morgan fingerprint density at radius 2 is 2.00 bits per heavy atom. The van der Waals surface area contributed by atoms with Gasteiger partial charge in [0, 0.05) is 12.0 Å². The summed E-state index contributed by atoms with van der Waals surface area (Å²) < 4.78 is 5.48. The molecule has 2 heterocycles. The average Bonchev–Trinajstić information content (AvgIpc) is 3.27. The molecule has 2 aromatic heterocycles. The highest BCUT2D eigenvalue weighted by Gasteiger charge is 2.22. The predicted octanol–water partition coefficient (Wildman–Crippen LogP) is 5.11. The van der Waals surface area contributed by atoms with Gasteiger partial charge in [-0.3, -0.25) is 4.79 Å². The lowest BCUT2D eigenvalue weighted by Crippen LogP contribution is -2.10. The minimum atomic E-state index is -0.0158. The first-order chi connectivity index (χ1) is 12.6. The number of benzene rings is 1. The second-order valence-electron chi connectivity index (χ2n) is 6.33. The first kappa shape index (κ1) is 18.3. The van der Waals surface area contributed by atoms with Crippen LogP contribution < -0.4 is 5.32 Å². The van der Waals surface area contributed by atoms with Gasteiger partial charge in [-0.15, -0.1) is 0 Å². The van der Waals surface area contributed by atoms with Crippen LogP contribution in [0.3, 0.4) is 0 Å². The van der Waals surface area contributed by atoms with Crippen LogP contribution in [0.5, 0.6) is 0 Å². The molecule has 0 atom stereocenters. The first-order valence-corrected chi connectivity index (χ1v) is 9.60. The van der Waals surface area contributed by atoms with Gasteiger partial charge < -0.3 is 9.84 Å². The second kappa shape index (κ2) is 8.23. The van der Waals surface area contributed by atoms with E-state index in [2.05, 4.69) is 41.2 Å². The lowest BCUT2D eigenvalue weighted by Gasteiger charge is -2.01. The number of nitrogens with one attached hydrogen (secondary N) is 1. The number of thiazole rings is 1.